The number of carbonyl (C=O) groups is 1. The van der Waals surface area contributed by atoms with Crippen LogP contribution in [0.3, 0.4) is 0 Å². The molecule has 0 amide bonds. The van der Waals surface area contributed by atoms with Gasteiger partial charge in [-0.2, -0.15) is 0 Å². The lowest BCUT2D eigenvalue weighted by Crippen LogP contribution is -2.48. The lowest BCUT2D eigenvalue weighted by molar-refractivity contribution is -0.152. The summed E-state index contributed by atoms with van der Waals surface area (Å²) < 4.78 is 30.8. The van der Waals surface area contributed by atoms with Gasteiger partial charge >= 0.3 is 5.97 Å². The third kappa shape index (κ3) is 1.49. The molecule has 6 nitrogen and oxygen atoms in total. The molecule has 1 atom stereocenters. The number of aliphatic hydroxyl groups is 1. The number of thiophene rings is 1. The topological polar surface area (TPSA) is 83.9 Å². The van der Waals surface area contributed by atoms with Crippen LogP contribution in [0, 0.1) is 0 Å². The van der Waals surface area contributed by atoms with Crippen LogP contribution in [-0.4, -0.2) is 43.1 Å². The van der Waals surface area contributed by atoms with E-state index in [1.54, 1.807) is 11.4 Å². The highest BCUT2D eigenvalue weighted by atomic mass is 32.2. The lowest BCUT2D eigenvalue weighted by Gasteiger charge is -2.35. The van der Waals surface area contributed by atoms with E-state index in [2.05, 4.69) is 0 Å². The van der Waals surface area contributed by atoms with Crippen molar-refractivity contribution >= 4 is 33.4 Å². The Bertz CT molecular complexity index is 645. The quantitative estimate of drug-likeness (QED) is 0.736. The van der Waals surface area contributed by atoms with Gasteiger partial charge in [-0.3, -0.25) is 4.31 Å². The van der Waals surface area contributed by atoms with Gasteiger partial charge < -0.3 is 9.84 Å². The third-order valence-corrected chi connectivity index (χ3v) is 6.07. The van der Waals surface area contributed by atoms with Crippen LogP contribution in [0.5, 0.6) is 0 Å². The van der Waals surface area contributed by atoms with Crippen LogP contribution in [0.25, 0.3) is 6.08 Å². The molecule has 0 aliphatic carbocycles. The summed E-state index contributed by atoms with van der Waals surface area (Å²) in [5, 5.41) is 10.7. The Morgan fingerprint density at radius 3 is 3.06 bits per heavy atom. The third-order valence-electron chi connectivity index (χ3n) is 2.80. The fourth-order valence-electron chi connectivity index (χ4n) is 1.96. The van der Waals surface area contributed by atoms with Gasteiger partial charge in [0.15, 0.2) is 0 Å². The molecule has 3 rings (SSSR count). The molecule has 18 heavy (non-hydrogen) atoms. The number of nitrogens with zero attached hydrogens (tertiary/aromatic N) is 1. The van der Waals surface area contributed by atoms with Gasteiger partial charge in [-0.05, 0) is 17.5 Å². The average molecular weight is 287 g/mol. The second-order valence-corrected chi connectivity index (χ2v) is 6.91. The minimum Gasteiger partial charge on any atom is -0.453 e. The Morgan fingerprint density at radius 1 is 1.56 bits per heavy atom. The maximum Gasteiger partial charge on any atom is 0.356 e. The highest BCUT2D eigenvalue weighted by Crippen LogP contribution is 2.37. The molecular formula is C10H9NO5S2. The molecule has 0 aromatic carbocycles. The summed E-state index contributed by atoms with van der Waals surface area (Å²) in [5.41, 5.74) is 0.510. The van der Waals surface area contributed by atoms with Crippen LogP contribution in [0.1, 0.15) is 5.56 Å². The molecule has 1 unspecified atom stereocenters. The number of aliphatic hydroxyl groups excluding tert-OH is 1. The normalized spacial score (nSPS) is 24.9. The van der Waals surface area contributed by atoms with Crippen molar-refractivity contribution in [1.82, 2.24) is 4.31 Å². The van der Waals surface area contributed by atoms with Crippen LogP contribution in [0.15, 0.2) is 21.4 Å². The number of rotatable bonds is 1. The van der Waals surface area contributed by atoms with Gasteiger partial charge in [0.1, 0.15) is 16.0 Å². The van der Waals surface area contributed by atoms with Gasteiger partial charge in [0.2, 0.25) is 0 Å². The van der Waals surface area contributed by atoms with E-state index in [0.717, 1.165) is 15.6 Å². The van der Waals surface area contributed by atoms with E-state index in [4.69, 9.17) is 9.84 Å². The van der Waals surface area contributed by atoms with E-state index in [1.807, 2.05) is 0 Å². The van der Waals surface area contributed by atoms with Crippen LogP contribution in [0.2, 0.25) is 0 Å². The molecule has 0 bridgehead atoms. The lowest BCUT2D eigenvalue weighted by atomic mass is 10.2. The van der Waals surface area contributed by atoms with Gasteiger partial charge in [0, 0.05) is 5.56 Å². The number of ether oxygens (including phenoxy) is 1. The van der Waals surface area contributed by atoms with E-state index in [0.29, 0.717) is 5.56 Å². The van der Waals surface area contributed by atoms with E-state index in [1.165, 1.54) is 6.08 Å². The number of carbonyl (C=O) groups excluding carboxylic acids is 1. The van der Waals surface area contributed by atoms with Crippen LogP contribution in [0.4, 0.5) is 0 Å². The van der Waals surface area contributed by atoms with Gasteiger partial charge in [-0.25, -0.2) is 13.2 Å². The molecule has 96 valence electrons. The van der Waals surface area contributed by atoms with Gasteiger partial charge in [-0.1, -0.05) is 0 Å². The number of hydrogen-bond acceptors (Lipinski definition) is 6. The molecule has 1 N–H and O–H groups in total. The summed E-state index contributed by atoms with van der Waals surface area (Å²) in [5.74, 6) is -0.722. The summed E-state index contributed by atoms with van der Waals surface area (Å²) in [6.07, 6.45) is 0.689. The standard InChI is InChI=1S/C10H9NO5S2/c12-5-7-4-11-8(9(13)16-7)3-6-1-2-17-10(6)18(11,14)15/h1-3,7,12H,4-5H2. The number of morpholine rings is 1. The zero-order valence-corrected chi connectivity index (χ0v) is 10.7. The van der Waals surface area contributed by atoms with E-state index >= 15 is 0 Å². The van der Waals surface area contributed by atoms with Gasteiger partial charge in [-0.15, -0.1) is 11.3 Å². The summed E-state index contributed by atoms with van der Waals surface area (Å²) >= 11 is 1.11. The molecule has 0 radical (unpaired) electrons. The van der Waals surface area contributed by atoms with E-state index in [9.17, 15) is 13.2 Å². The number of hydrogen-bond donors (Lipinski definition) is 1. The first kappa shape index (κ1) is 11.7. The van der Waals surface area contributed by atoms with Crippen molar-refractivity contribution in [3.63, 3.8) is 0 Å². The fraction of sp³-hybridized carbons (Fsp3) is 0.300. The number of esters is 1. The van der Waals surface area contributed by atoms with Crippen molar-refractivity contribution in [3.8, 4) is 0 Å². The van der Waals surface area contributed by atoms with Crippen molar-refractivity contribution < 1.29 is 23.1 Å². The summed E-state index contributed by atoms with van der Waals surface area (Å²) in [6.45, 7) is -0.448. The van der Waals surface area contributed by atoms with Crippen LogP contribution in [-0.2, 0) is 19.6 Å². The first-order chi connectivity index (χ1) is 8.54. The molecule has 1 aromatic rings. The van der Waals surface area contributed by atoms with Gasteiger partial charge in [0.05, 0.1) is 13.2 Å². The number of fused-ring (bicyclic) bond motifs is 2. The minimum absolute atomic E-state index is 0.00519. The molecular weight excluding hydrogens is 278 g/mol. The van der Waals surface area contributed by atoms with E-state index < -0.39 is 28.7 Å². The Morgan fingerprint density at radius 2 is 2.33 bits per heavy atom. The largest absolute Gasteiger partial charge is 0.453 e. The summed E-state index contributed by atoms with van der Waals surface area (Å²) in [7, 11) is -3.70. The highest BCUT2D eigenvalue weighted by Gasteiger charge is 2.42. The van der Waals surface area contributed by atoms with Crippen molar-refractivity contribution in [2.45, 2.75) is 10.3 Å². The summed E-state index contributed by atoms with van der Waals surface area (Å²) in [4.78, 5) is 11.7. The molecule has 0 spiro atoms. The smallest absolute Gasteiger partial charge is 0.356 e. The average Bonchev–Trinajstić information content (AvgIpc) is 2.79. The van der Waals surface area contributed by atoms with Crippen molar-refractivity contribution in [2.75, 3.05) is 13.2 Å². The Hall–Kier alpha value is -1.38. The maximum absolute atomic E-state index is 12.3. The number of cyclic esters (lactones) is 1. The maximum atomic E-state index is 12.3. The first-order valence-corrected chi connectivity index (χ1v) is 7.50. The Kier molecular flexibility index (Phi) is 2.47. The monoisotopic (exact) mass is 287 g/mol. The Balaban J connectivity index is 2.16. The molecule has 2 aliphatic heterocycles. The molecule has 3 heterocycles. The van der Waals surface area contributed by atoms with Crippen LogP contribution < -0.4 is 0 Å². The zero-order chi connectivity index (χ0) is 12.9. The zero-order valence-electron chi connectivity index (χ0n) is 9.07. The van der Waals surface area contributed by atoms with Gasteiger partial charge in [0.25, 0.3) is 10.0 Å². The highest BCUT2D eigenvalue weighted by molar-refractivity contribution is 7.91. The summed E-state index contributed by atoms with van der Waals surface area (Å²) in [6, 6.07) is 1.65. The first-order valence-electron chi connectivity index (χ1n) is 5.18. The molecule has 2 aliphatic rings. The predicted molar refractivity (Wildman–Crippen MR) is 63.2 cm³/mol. The van der Waals surface area contributed by atoms with Crippen molar-refractivity contribution in [1.29, 1.82) is 0 Å². The predicted octanol–water partition coefficient (Wildman–Crippen LogP) is 0.0110. The number of sulfonamides is 1. The SMILES string of the molecule is O=C1OC(CO)CN2C1=Cc1ccsc1S2(=O)=O. The molecule has 1 saturated heterocycles. The van der Waals surface area contributed by atoms with E-state index in [-0.39, 0.29) is 16.5 Å². The molecule has 1 aromatic heterocycles. The molecule has 0 saturated carbocycles. The second kappa shape index (κ2) is 3.81. The van der Waals surface area contributed by atoms with Crippen molar-refractivity contribution in [3.05, 3.63) is 22.7 Å². The Labute approximate surface area is 107 Å². The minimum atomic E-state index is -3.70. The fourth-order valence-corrected chi connectivity index (χ4v) is 4.85. The molecule has 1 fully saturated rings. The van der Waals surface area contributed by atoms with Crippen molar-refractivity contribution in [2.24, 2.45) is 0 Å². The second-order valence-electron chi connectivity index (χ2n) is 3.94. The molecule has 8 heteroatoms. The van der Waals surface area contributed by atoms with Crippen LogP contribution >= 0.6 is 11.3 Å².